The van der Waals surface area contributed by atoms with Gasteiger partial charge >= 0.3 is 0 Å². The Morgan fingerprint density at radius 2 is 1.94 bits per heavy atom. The fourth-order valence-electron chi connectivity index (χ4n) is 4.45. The van der Waals surface area contributed by atoms with E-state index in [0.717, 1.165) is 10.5 Å². The number of benzene rings is 1. The van der Waals surface area contributed by atoms with Crippen LogP contribution < -0.4 is 16.4 Å². The van der Waals surface area contributed by atoms with Crippen molar-refractivity contribution in [3.05, 3.63) is 58.9 Å². The number of imide groups is 2. The number of rotatable bonds is 7. The Bertz CT molecular complexity index is 1220. The van der Waals surface area contributed by atoms with Gasteiger partial charge in [0.2, 0.25) is 11.8 Å². The summed E-state index contributed by atoms with van der Waals surface area (Å²) in [6.07, 6.45) is 2.25. The van der Waals surface area contributed by atoms with E-state index in [9.17, 15) is 24.0 Å². The lowest BCUT2D eigenvalue weighted by molar-refractivity contribution is -0.136. The zero-order valence-electron chi connectivity index (χ0n) is 18.9. The van der Waals surface area contributed by atoms with Gasteiger partial charge in [-0.1, -0.05) is 26.0 Å². The van der Waals surface area contributed by atoms with Crippen molar-refractivity contribution in [2.45, 2.75) is 44.6 Å². The molecule has 0 bridgehead atoms. The topological polar surface area (TPSA) is 152 Å². The number of anilines is 1. The minimum atomic E-state index is -1.02. The van der Waals surface area contributed by atoms with Crippen molar-refractivity contribution in [1.82, 2.24) is 15.2 Å². The second kappa shape index (κ2) is 8.69. The summed E-state index contributed by atoms with van der Waals surface area (Å²) < 4.78 is 0. The fraction of sp³-hybridized carbons (Fsp3) is 0.333. The highest BCUT2D eigenvalue weighted by molar-refractivity contribution is 6.25. The maximum atomic E-state index is 13.2. The number of carbonyl (C=O) groups is 5. The number of nitrogens with zero attached hydrogens (tertiary/aromatic N) is 2. The number of carbonyl (C=O) groups excluding carboxylic acids is 5. The third-order valence-corrected chi connectivity index (χ3v) is 6.30. The van der Waals surface area contributed by atoms with E-state index < -0.39 is 41.0 Å². The van der Waals surface area contributed by atoms with E-state index in [1.165, 1.54) is 6.20 Å². The standard InChI is InChI=1S/C24H25N5O5/c1-24(2,14-6-4-11-27-19(14)20(25)31)10-12-26-15-7-3-5-13-18(15)23(34)29(22(13)33)16-8-9-17(30)28-21(16)32/h3-7,11,16,26H,8-10,12H2,1-2H3,(H2,25,31)(H,28,30,32). The maximum Gasteiger partial charge on any atom is 0.267 e. The first-order valence-corrected chi connectivity index (χ1v) is 11.0. The lowest BCUT2D eigenvalue weighted by atomic mass is 9.80. The Kier molecular flexibility index (Phi) is 5.90. The van der Waals surface area contributed by atoms with Gasteiger partial charge in [0.05, 0.1) is 11.1 Å². The van der Waals surface area contributed by atoms with Crippen molar-refractivity contribution in [1.29, 1.82) is 0 Å². The number of primary amides is 1. The third-order valence-electron chi connectivity index (χ3n) is 6.30. The molecular weight excluding hydrogens is 438 g/mol. The first kappa shape index (κ1) is 23.1. The molecule has 1 fully saturated rings. The van der Waals surface area contributed by atoms with E-state index in [1.807, 2.05) is 19.9 Å². The highest BCUT2D eigenvalue weighted by Gasteiger charge is 2.45. The molecule has 176 valence electrons. The fourth-order valence-corrected chi connectivity index (χ4v) is 4.45. The van der Waals surface area contributed by atoms with Gasteiger partial charge in [-0.05, 0) is 42.0 Å². The number of pyridine rings is 1. The average Bonchev–Trinajstić information content (AvgIpc) is 3.04. The van der Waals surface area contributed by atoms with Crippen LogP contribution in [0.25, 0.3) is 0 Å². The van der Waals surface area contributed by atoms with Gasteiger partial charge in [-0.15, -0.1) is 0 Å². The van der Waals surface area contributed by atoms with Crippen LogP contribution in [0.2, 0.25) is 0 Å². The molecule has 0 spiro atoms. The predicted molar refractivity (Wildman–Crippen MR) is 122 cm³/mol. The molecule has 0 aliphatic carbocycles. The van der Waals surface area contributed by atoms with E-state index in [-0.39, 0.29) is 29.7 Å². The average molecular weight is 463 g/mol. The molecular formula is C24H25N5O5. The SMILES string of the molecule is CC(C)(CCNc1cccc2c1C(=O)N(C1CCC(=O)NC1=O)C2=O)c1cccnc1C(N)=O. The number of nitrogens with one attached hydrogen (secondary N) is 2. The Labute approximate surface area is 195 Å². The summed E-state index contributed by atoms with van der Waals surface area (Å²) >= 11 is 0. The smallest absolute Gasteiger partial charge is 0.267 e. The van der Waals surface area contributed by atoms with Crippen LogP contribution >= 0.6 is 0 Å². The first-order valence-electron chi connectivity index (χ1n) is 11.0. The molecule has 4 rings (SSSR count). The highest BCUT2D eigenvalue weighted by Crippen LogP contribution is 2.33. The molecule has 10 heteroatoms. The van der Waals surface area contributed by atoms with Crippen LogP contribution in [0, 0.1) is 0 Å². The van der Waals surface area contributed by atoms with Crippen molar-refractivity contribution in [3.63, 3.8) is 0 Å². The molecule has 1 atom stereocenters. The zero-order valence-corrected chi connectivity index (χ0v) is 18.9. The highest BCUT2D eigenvalue weighted by atomic mass is 16.2. The Hall–Kier alpha value is -4.08. The number of hydrogen-bond acceptors (Lipinski definition) is 7. The number of aromatic nitrogens is 1. The van der Waals surface area contributed by atoms with Crippen molar-refractivity contribution in [3.8, 4) is 0 Å². The summed E-state index contributed by atoms with van der Waals surface area (Å²) in [6, 6.07) is 7.45. The molecule has 4 N–H and O–H groups in total. The Balaban J connectivity index is 1.52. The molecule has 10 nitrogen and oxygen atoms in total. The number of nitrogens with two attached hydrogens (primary N) is 1. The summed E-state index contributed by atoms with van der Waals surface area (Å²) in [6.45, 7) is 4.36. The van der Waals surface area contributed by atoms with E-state index in [1.54, 1.807) is 24.3 Å². The maximum absolute atomic E-state index is 13.2. The summed E-state index contributed by atoms with van der Waals surface area (Å²) in [5, 5.41) is 5.41. The first-order chi connectivity index (χ1) is 16.1. The Morgan fingerprint density at radius 1 is 1.18 bits per heavy atom. The van der Waals surface area contributed by atoms with E-state index in [4.69, 9.17) is 5.73 Å². The van der Waals surface area contributed by atoms with Crippen LogP contribution in [0.3, 0.4) is 0 Å². The molecule has 3 heterocycles. The normalized spacial score (nSPS) is 18.1. The summed E-state index contributed by atoms with van der Waals surface area (Å²) in [4.78, 5) is 66.7. The molecule has 2 aromatic rings. The quantitative estimate of drug-likeness (QED) is 0.524. The van der Waals surface area contributed by atoms with E-state index in [0.29, 0.717) is 18.7 Å². The largest absolute Gasteiger partial charge is 0.384 e. The molecule has 34 heavy (non-hydrogen) atoms. The van der Waals surface area contributed by atoms with Crippen molar-refractivity contribution in [2.24, 2.45) is 5.73 Å². The van der Waals surface area contributed by atoms with Gasteiger partial charge in [-0.25, -0.2) is 0 Å². The summed E-state index contributed by atoms with van der Waals surface area (Å²) in [7, 11) is 0. The molecule has 2 aliphatic rings. The summed E-state index contributed by atoms with van der Waals surface area (Å²) in [5.41, 5.74) is 6.84. The van der Waals surface area contributed by atoms with Gasteiger partial charge in [0.15, 0.2) is 0 Å². The molecule has 2 aliphatic heterocycles. The molecule has 0 saturated carbocycles. The van der Waals surface area contributed by atoms with Gasteiger partial charge in [-0.3, -0.25) is 39.2 Å². The van der Waals surface area contributed by atoms with Crippen LogP contribution in [0.1, 0.15) is 69.9 Å². The third kappa shape index (κ3) is 4.02. The minimum absolute atomic E-state index is 0.0611. The monoisotopic (exact) mass is 463 g/mol. The van der Waals surface area contributed by atoms with Crippen LogP contribution in [-0.4, -0.2) is 52.0 Å². The molecule has 1 unspecified atom stereocenters. The number of piperidine rings is 1. The Morgan fingerprint density at radius 3 is 2.65 bits per heavy atom. The van der Waals surface area contributed by atoms with Crippen LogP contribution in [-0.2, 0) is 15.0 Å². The second-order valence-electron chi connectivity index (χ2n) is 9.00. The van der Waals surface area contributed by atoms with Gasteiger partial charge in [0.25, 0.3) is 17.7 Å². The molecule has 5 amide bonds. The summed E-state index contributed by atoms with van der Waals surface area (Å²) in [5.74, 6) is -2.80. The number of hydrogen-bond donors (Lipinski definition) is 3. The zero-order chi connectivity index (χ0) is 24.6. The second-order valence-corrected chi connectivity index (χ2v) is 9.00. The van der Waals surface area contributed by atoms with Crippen LogP contribution in [0.15, 0.2) is 36.5 Å². The molecule has 1 aromatic heterocycles. The molecule has 0 radical (unpaired) electrons. The molecule has 1 aromatic carbocycles. The van der Waals surface area contributed by atoms with E-state index in [2.05, 4.69) is 15.6 Å². The number of amides is 5. The van der Waals surface area contributed by atoms with Crippen molar-refractivity contribution < 1.29 is 24.0 Å². The lowest BCUT2D eigenvalue weighted by Gasteiger charge is -2.28. The van der Waals surface area contributed by atoms with Gasteiger partial charge in [0.1, 0.15) is 11.7 Å². The van der Waals surface area contributed by atoms with Crippen LogP contribution in [0.5, 0.6) is 0 Å². The van der Waals surface area contributed by atoms with Crippen LogP contribution in [0.4, 0.5) is 5.69 Å². The van der Waals surface area contributed by atoms with Gasteiger partial charge < -0.3 is 11.1 Å². The number of fused-ring (bicyclic) bond motifs is 1. The van der Waals surface area contributed by atoms with Gasteiger partial charge in [0, 0.05) is 24.8 Å². The van der Waals surface area contributed by atoms with Crippen molar-refractivity contribution >= 4 is 35.2 Å². The van der Waals surface area contributed by atoms with Crippen molar-refractivity contribution in [2.75, 3.05) is 11.9 Å². The minimum Gasteiger partial charge on any atom is -0.384 e. The predicted octanol–water partition coefficient (Wildman–Crippen LogP) is 1.36. The lowest BCUT2D eigenvalue weighted by Crippen LogP contribution is -2.54. The van der Waals surface area contributed by atoms with Gasteiger partial charge in [-0.2, -0.15) is 0 Å². The molecule has 1 saturated heterocycles. The van der Waals surface area contributed by atoms with E-state index >= 15 is 0 Å².